The third-order valence-corrected chi connectivity index (χ3v) is 3.43. The van der Waals surface area contributed by atoms with Gasteiger partial charge in [-0.25, -0.2) is 18.7 Å². The van der Waals surface area contributed by atoms with Gasteiger partial charge in [0, 0.05) is 12.6 Å². The summed E-state index contributed by atoms with van der Waals surface area (Å²) in [6.45, 7) is 2.58. The second kappa shape index (κ2) is 6.32. The lowest BCUT2D eigenvalue weighted by atomic mass is 10.3. The van der Waals surface area contributed by atoms with Gasteiger partial charge in [-0.1, -0.05) is 11.6 Å². The molecule has 0 aliphatic carbocycles. The number of benzene rings is 1. The summed E-state index contributed by atoms with van der Waals surface area (Å²) in [5.41, 5.74) is -0.0464. The molecule has 0 saturated heterocycles. The van der Waals surface area contributed by atoms with Crippen LogP contribution in [0.2, 0.25) is 5.02 Å². The third kappa shape index (κ3) is 3.16. The van der Waals surface area contributed by atoms with E-state index in [0.717, 1.165) is 12.1 Å². The molecule has 1 aromatic heterocycles. The van der Waals surface area contributed by atoms with Crippen LogP contribution < -0.4 is 10.6 Å². The number of nitrogens with one attached hydrogen (secondary N) is 2. The smallest absolute Gasteiger partial charge is 0.151 e. The molecule has 0 fully saturated rings. The highest BCUT2D eigenvalue weighted by Gasteiger charge is 2.14. The van der Waals surface area contributed by atoms with Crippen molar-refractivity contribution in [1.29, 1.82) is 0 Å². The van der Waals surface area contributed by atoms with E-state index in [0.29, 0.717) is 22.7 Å². The Morgan fingerprint density at radius 2 is 1.95 bits per heavy atom. The number of aromatic nitrogens is 2. The molecule has 106 valence electrons. The van der Waals surface area contributed by atoms with Gasteiger partial charge in [-0.05, 0) is 28.9 Å². The van der Waals surface area contributed by atoms with Crippen LogP contribution >= 0.6 is 27.5 Å². The van der Waals surface area contributed by atoms with Gasteiger partial charge in [0.05, 0.1) is 10.7 Å². The fraction of sp³-hybridized carbons (Fsp3) is 0.167. The average Bonchev–Trinajstić information content (AvgIpc) is 2.38. The molecule has 1 aromatic carbocycles. The molecule has 0 atom stereocenters. The van der Waals surface area contributed by atoms with E-state index in [2.05, 4.69) is 36.5 Å². The molecule has 4 nitrogen and oxygen atoms in total. The van der Waals surface area contributed by atoms with E-state index in [4.69, 9.17) is 11.6 Å². The van der Waals surface area contributed by atoms with Crippen molar-refractivity contribution in [3.05, 3.63) is 39.6 Å². The first-order valence-electron chi connectivity index (χ1n) is 5.68. The molecule has 8 heteroatoms. The minimum Gasteiger partial charge on any atom is -0.369 e. The zero-order valence-corrected chi connectivity index (χ0v) is 12.7. The van der Waals surface area contributed by atoms with E-state index in [-0.39, 0.29) is 10.7 Å². The van der Waals surface area contributed by atoms with Crippen molar-refractivity contribution < 1.29 is 8.78 Å². The number of anilines is 3. The van der Waals surface area contributed by atoms with E-state index in [1.165, 1.54) is 6.33 Å². The Hall–Kier alpha value is -1.47. The quantitative estimate of drug-likeness (QED) is 0.848. The van der Waals surface area contributed by atoms with Crippen LogP contribution in [0.3, 0.4) is 0 Å². The predicted octanol–water partition coefficient (Wildman–Crippen LogP) is 4.35. The molecule has 0 spiro atoms. The molecule has 2 rings (SSSR count). The summed E-state index contributed by atoms with van der Waals surface area (Å²) in [5.74, 6) is -0.661. The minimum absolute atomic E-state index is 0.0464. The molecule has 0 amide bonds. The lowest BCUT2D eigenvalue weighted by Gasteiger charge is -2.12. The first kappa shape index (κ1) is 14.9. The van der Waals surface area contributed by atoms with Crippen molar-refractivity contribution in [2.24, 2.45) is 0 Å². The summed E-state index contributed by atoms with van der Waals surface area (Å²) in [6, 6.07) is 1.77. The Labute approximate surface area is 127 Å². The highest BCUT2D eigenvalue weighted by molar-refractivity contribution is 9.10. The molecular weight excluding hydrogens is 354 g/mol. The molecule has 2 N–H and O–H groups in total. The number of rotatable bonds is 4. The predicted molar refractivity (Wildman–Crippen MR) is 78.5 cm³/mol. The van der Waals surface area contributed by atoms with E-state index < -0.39 is 11.6 Å². The first-order valence-corrected chi connectivity index (χ1v) is 6.86. The third-order valence-electron chi connectivity index (χ3n) is 2.38. The normalized spacial score (nSPS) is 10.4. The zero-order valence-electron chi connectivity index (χ0n) is 10.3. The van der Waals surface area contributed by atoms with Gasteiger partial charge in [0.1, 0.15) is 28.3 Å². The van der Waals surface area contributed by atoms with Crippen molar-refractivity contribution in [3.8, 4) is 0 Å². The summed E-state index contributed by atoms with van der Waals surface area (Å²) in [4.78, 5) is 8.03. The van der Waals surface area contributed by atoms with E-state index in [1.807, 2.05) is 6.92 Å². The highest BCUT2D eigenvalue weighted by Crippen LogP contribution is 2.33. The summed E-state index contributed by atoms with van der Waals surface area (Å²) in [7, 11) is 0. The average molecular weight is 364 g/mol. The summed E-state index contributed by atoms with van der Waals surface area (Å²) < 4.78 is 27.2. The first-order chi connectivity index (χ1) is 9.52. The Balaban J connectivity index is 2.38. The lowest BCUT2D eigenvalue weighted by molar-refractivity contribution is 0.586. The van der Waals surface area contributed by atoms with Crippen molar-refractivity contribution in [2.75, 3.05) is 17.2 Å². The van der Waals surface area contributed by atoms with Gasteiger partial charge >= 0.3 is 0 Å². The largest absolute Gasteiger partial charge is 0.369 e. The topological polar surface area (TPSA) is 49.8 Å². The Morgan fingerprint density at radius 1 is 1.25 bits per heavy atom. The SMILES string of the molecule is CCNc1ncnc(Nc2c(F)cc(F)cc2Cl)c1Br. The molecule has 0 bridgehead atoms. The molecule has 0 saturated carbocycles. The second-order valence-corrected chi connectivity index (χ2v) is 4.98. The maximum Gasteiger partial charge on any atom is 0.151 e. The fourth-order valence-electron chi connectivity index (χ4n) is 1.53. The number of hydrogen-bond acceptors (Lipinski definition) is 4. The lowest BCUT2D eigenvalue weighted by Crippen LogP contribution is -2.05. The monoisotopic (exact) mass is 362 g/mol. The summed E-state index contributed by atoms with van der Waals surface area (Å²) >= 11 is 9.13. The Kier molecular flexibility index (Phi) is 4.72. The van der Waals surface area contributed by atoms with E-state index >= 15 is 0 Å². The van der Waals surface area contributed by atoms with Crippen LogP contribution in [0.1, 0.15) is 6.92 Å². The van der Waals surface area contributed by atoms with Gasteiger partial charge in [-0.3, -0.25) is 0 Å². The molecule has 0 aliphatic heterocycles. The summed E-state index contributed by atoms with van der Waals surface area (Å²) in [5, 5.41) is 5.67. The maximum atomic E-state index is 13.7. The van der Waals surface area contributed by atoms with Crippen molar-refractivity contribution in [3.63, 3.8) is 0 Å². The van der Waals surface area contributed by atoms with Crippen LogP contribution in [0.15, 0.2) is 22.9 Å². The highest BCUT2D eigenvalue weighted by atomic mass is 79.9. The standard InChI is InChI=1S/C12H10BrClF2N4/c1-2-17-11-9(13)12(19-5-18-11)20-10-7(14)3-6(15)4-8(10)16/h3-5H,2H2,1H3,(H2,17,18,19,20). The van der Waals surface area contributed by atoms with Crippen LogP contribution in [-0.4, -0.2) is 16.5 Å². The molecule has 0 radical (unpaired) electrons. The minimum atomic E-state index is -0.800. The second-order valence-electron chi connectivity index (χ2n) is 3.78. The van der Waals surface area contributed by atoms with Gasteiger partial charge in [-0.2, -0.15) is 0 Å². The molecular formula is C12H10BrClF2N4. The maximum absolute atomic E-state index is 13.7. The van der Waals surface area contributed by atoms with Gasteiger partial charge < -0.3 is 10.6 Å². The van der Waals surface area contributed by atoms with Crippen LogP contribution in [0.4, 0.5) is 26.1 Å². The van der Waals surface area contributed by atoms with Crippen LogP contribution in [0.5, 0.6) is 0 Å². The van der Waals surface area contributed by atoms with Gasteiger partial charge in [0.25, 0.3) is 0 Å². The van der Waals surface area contributed by atoms with E-state index in [9.17, 15) is 8.78 Å². The van der Waals surface area contributed by atoms with Gasteiger partial charge in [0.15, 0.2) is 5.82 Å². The van der Waals surface area contributed by atoms with Crippen LogP contribution in [0, 0.1) is 11.6 Å². The van der Waals surface area contributed by atoms with Crippen molar-refractivity contribution in [1.82, 2.24) is 9.97 Å². The Bertz CT molecular complexity index is 616. The summed E-state index contributed by atoms with van der Waals surface area (Å²) in [6.07, 6.45) is 1.32. The number of nitrogens with zero attached hydrogens (tertiary/aromatic N) is 2. The zero-order chi connectivity index (χ0) is 14.7. The van der Waals surface area contributed by atoms with Crippen molar-refractivity contribution >= 4 is 44.9 Å². The van der Waals surface area contributed by atoms with E-state index in [1.54, 1.807) is 0 Å². The Morgan fingerprint density at radius 3 is 2.60 bits per heavy atom. The van der Waals surface area contributed by atoms with Crippen molar-refractivity contribution in [2.45, 2.75) is 6.92 Å². The van der Waals surface area contributed by atoms with Gasteiger partial charge in [0.2, 0.25) is 0 Å². The molecule has 0 aliphatic rings. The molecule has 0 unspecified atom stereocenters. The van der Waals surface area contributed by atoms with Crippen LogP contribution in [-0.2, 0) is 0 Å². The molecule has 20 heavy (non-hydrogen) atoms. The number of halogens is 4. The molecule has 1 heterocycles. The van der Waals surface area contributed by atoms with Gasteiger partial charge in [-0.15, -0.1) is 0 Å². The number of hydrogen-bond donors (Lipinski definition) is 2. The van der Waals surface area contributed by atoms with Crippen LogP contribution in [0.25, 0.3) is 0 Å². The fourth-order valence-corrected chi connectivity index (χ4v) is 2.21. The molecule has 2 aromatic rings.